The van der Waals surface area contributed by atoms with Gasteiger partial charge in [-0.25, -0.2) is 4.98 Å². The highest BCUT2D eigenvalue weighted by Gasteiger charge is 2.23. The Labute approximate surface area is 196 Å². The quantitative estimate of drug-likeness (QED) is 0.484. The number of hydrogen-bond acceptors (Lipinski definition) is 4. The van der Waals surface area contributed by atoms with E-state index >= 15 is 0 Å². The Balaban J connectivity index is 1.51. The van der Waals surface area contributed by atoms with Crippen molar-refractivity contribution in [2.24, 2.45) is 5.92 Å². The minimum Gasteiger partial charge on any atom is -0.337 e. The first kappa shape index (κ1) is 23.0. The third kappa shape index (κ3) is 5.99. The lowest BCUT2D eigenvalue weighted by Crippen LogP contribution is -2.43. The number of rotatable bonds is 10. The summed E-state index contributed by atoms with van der Waals surface area (Å²) < 4.78 is 0. The first-order valence-electron chi connectivity index (χ1n) is 11.7. The molecule has 172 valence electrons. The molecule has 0 spiro atoms. The maximum Gasteiger partial charge on any atom is 0.252 e. The molecule has 5 heteroatoms. The Bertz CT molecular complexity index is 1100. The molecule has 1 aromatic heterocycles. The number of H-pyrrole nitrogens is 1. The van der Waals surface area contributed by atoms with Gasteiger partial charge in [0.1, 0.15) is 0 Å². The molecule has 4 rings (SSSR count). The van der Waals surface area contributed by atoms with Crippen molar-refractivity contribution in [2.45, 2.75) is 31.7 Å². The van der Waals surface area contributed by atoms with E-state index in [-0.39, 0.29) is 11.6 Å². The standard InChI is InChI=1S/C28H34N4O/c1-4-14-32(20-26(31(2)3)18-21-10-6-5-7-11-21)28-29-25(19-27(33)30-28)17-22-15-23-12-8-9-13-24(23)16-22/h4-13,19,22,26H,1,14-18,20H2,2-3H3,(H,29,30,33). The Morgan fingerprint density at radius 3 is 2.39 bits per heavy atom. The molecule has 0 aliphatic heterocycles. The number of aromatic amines is 1. The molecular formula is C28H34N4O. The van der Waals surface area contributed by atoms with Crippen LogP contribution in [0.3, 0.4) is 0 Å². The van der Waals surface area contributed by atoms with Crippen molar-refractivity contribution >= 4 is 5.95 Å². The van der Waals surface area contributed by atoms with E-state index in [1.165, 1.54) is 16.7 Å². The van der Waals surface area contributed by atoms with Crippen molar-refractivity contribution in [1.29, 1.82) is 0 Å². The fourth-order valence-corrected chi connectivity index (χ4v) is 4.79. The monoisotopic (exact) mass is 442 g/mol. The van der Waals surface area contributed by atoms with Crippen LogP contribution in [-0.4, -0.2) is 48.1 Å². The van der Waals surface area contributed by atoms with Gasteiger partial charge in [0.25, 0.3) is 5.56 Å². The Hall–Kier alpha value is -3.18. The van der Waals surface area contributed by atoms with Gasteiger partial charge in [0.05, 0.1) is 5.69 Å². The first-order valence-corrected chi connectivity index (χ1v) is 11.7. The molecule has 1 atom stereocenters. The average Bonchev–Trinajstić information content (AvgIpc) is 3.20. The van der Waals surface area contributed by atoms with Gasteiger partial charge in [-0.05, 0) is 62.4 Å². The molecule has 0 saturated carbocycles. The van der Waals surface area contributed by atoms with Crippen molar-refractivity contribution in [2.75, 3.05) is 32.1 Å². The van der Waals surface area contributed by atoms with Crippen LogP contribution in [0.15, 0.2) is 78.1 Å². The lowest BCUT2D eigenvalue weighted by Gasteiger charge is -2.31. The lowest BCUT2D eigenvalue weighted by molar-refractivity contribution is 0.293. The van der Waals surface area contributed by atoms with E-state index in [0.29, 0.717) is 18.4 Å². The fourth-order valence-electron chi connectivity index (χ4n) is 4.79. The van der Waals surface area contributed by atoms with E-state index in [0.717, 1.165) is 37.9 Å². The zero-order valence-corrected chi connectivity index (χ0v) is 19.7. The number of aromatic nitrogens is 2. The molecule has 3 aromatic rings. The Kier molecular flexibility index (Phi) is 7.40. The second kappa shape index (κ2) is 10.6. The van der Waals surface area contributed by atoms with Gasteiger partial charge in [-0.2, -0.15) is 0 Å². The highest BCUT2D eigenvalue weighted by molar-refractivity contribution is 5.35. The summed E-state index contributed by atoms with van der Waals surface area (Å²) in [6, 6.07) is 21.1. The number of hydrogen-bond donors (Lipinski definition) is 1. The molecule has 1 N–H and O–H groups in total. The van der Waals surface area contributed by atoms with Crippen LogP contribution in [0.4, 0.5) is 5.95 Å². The highest BCUT2D eigenvalue weighted by Crippen LogP contribution is 2.28. The lowest BCUT2D eigenvalue weighted by atomic mass is 10.00. The summed E-state index contributed by atoms with van der Waals surface area (Å²) in [6.45, 7) is 5.31. The van der Waals surface area contributed by atoms with Gasteiger partial charge in [0, 0.05) is 25.2 Å². The smallest absolute Gasteiger partial charge is 0.252 e. The van der Waals surface area contributed by atoms with E-state index in [1.54, 1.807) is 6.07 Å². The van der Waals surface area contributed by atoms with Gasteiger partial charge in [0.2, 0.25) is 5.95 Å². The van der Waals surface area contributed by atoms with Gasteiger partial charge >= 0.3 is 0 Å². The summed E-state index contributed by atoms with van der Waals surface area (Å²) in [5, 5.41) is 0. The molecule has 5 nitrogen and oxygen atoms in total. The van der Waals surface area contributed by atoms with E-state index < -0.39 is 0 Å². The van der Waals surface area contributed by atoms with Crippen LogP contribution in [0.25, 0.3) is 0 Å². The molecule has 0 saturated heterocycles. The van der Waals surface area contributed by atoms with Crippen LogP contribution in [-0.2, 0) is 25.7 Å². The largest absolute Gasteiger partial charge is 0.337 e. The van der Waals surface area contributed by atoms with Gasteiger partial charge in [-0.1, -0.05) is 60.7 Å². The van der Waals surface area contributed by atoms with E-state index in [9.17, 15) is 4.79 Å². The molecule has 0 amide bonds. The van der Waals surface area contributed by atoms with Gasteiger partial charge in [0.15, 0.2) is 0 Å². The zero-order valence-electron chi connectivity index (χ0n) is 19.7. The van der Waals surface area contributed by atoms with Crippen LogP contribution in [0.5, 0.6) is 0 Å². The number of nitrogens with one attached hydrogen (secondary N) is 1. The topological polar surface area (TPSA) is 52.2 Å². The SMILES string of the molecule is C=CCN(CC(Cc1ccccc1)N(C)C)c1nc(CC2Cc3ccccc3C2)cc(=O)[nH]1. The average molecular weight is 443 g/mol. The minimum atomic E-state index is -0.0935. The third-order valence-corrected chi connectivity index (χ3v) is 6.54. The van der Waals surface area contributed by atoms with Crippen LogP contribution in [0, 0.1) is 5.92 Å². The summed E-state index contributed by atoms with van der Waals surface area (Å²) in [5.74, 6) is 1.12. The molecule has 1 heterocycles. The highest BCUT2D eigenvalue weighted by atomic mass is 16.1. The van der Waals surface area contributed by atoms with E-state index in [4.69, 9.17) is 4.98 Å². The molecule has 0 radical (unpaired) electrons. The van der Waals surface area contributed by atoms with Crippen LogP contribution < -0.4 is 10.5 Å². The van der Waals surface area contributed by atoms with Crippen LogP contribution >= 0.6 is 0 Å². The molecule has 0 fully saturated rings. The Morgan fingerprint density at radius 1 is 1.09 bits per heavy atom. The first-order chi connectivity index (χ1) is 16.0. The van der Waals surface area contributed by atoms with Gasteiger partial charge in [-0.15, -0.1) is 6.58 Å². The molecule has 1 aliphatic carbocycles. The minimum absolute atomic E-state index is 0.0935. The van der Waals surface area contributed by atoms with Gasteiger partial charge in [-0.3, -0.25) is 9.78 Å². The van der Waals surface area contributed by atoms with Crippen molar-refractivity contribution in [3.8, 4) is 0 Å². The summed E-state index contributed by atoms with van der Waals surface area (Å²) in [7, 11) is 4.20. The summed E-state index contributed by atoms with van der Waals surface area (Å²) in [5.41, 5.74) is 4.92. The second-order valence-electron chi connectivity index (χ2n) is 9.31. The third-order valence-electron chi connectivity index (χ3n) is 6.54. The molecule has 2 aromatic carbocycles. The summed E-state index contributed by atoms with van der Waals surface area (Å²) >= 11 is 0. The van der Waals surface area contributed by atoms with Crippen LogP contribution in [0.2, 0.25) is 0 Å². The van der Waals surface area contributed by atoms with Crippen molar-refractivity contribution in [1.82, 2.24) is 14.9 Å². The number of anilines is 1. The number of benzene rings is 2. The van der Waals surface area contributed by atoms with Gasteiger partial charge < -0.3 is 9.80 Å². The van der Waals surface area contributed by atoms with E-state index in [1.807, 2.05) is 12.1 Å². The maximum atomic E-state index is 12.6. The van der Waals surface area contributed by atoms with Crippen molar-refractivity contribution in [3.63, 3.8) is 0 Å². The molecular weight excluding hydrogens is 408 g/mol. The number of nitrogens with zero attached hydrogens (tertiary/aromatic N) is 3. The number of fused-ring (bicyclic) bond motifs is 1. The number of likely N-dealkylation sites (N-methyl/N-ethyl adjacent to an activating group) is 1. The van der Waals surface area contributed by atoms with E-state index in [2.05, 4.69) is 84.0 Å². The maximum absolute atomic E-state index is 12.6. The summed E-state index contributed by atoms with van der Waals surface area (Å²) in [6.07, 6.45) is 5.71. The molecule has 0 bridgehead atoms. The molecule has 1 unspecified atom stereocenters. The predicted octanol–water partition coefficient (Wildman–Crippen LogP) is 3.89. The zero-order chi connectivity index (χ0) is 23.2. The van der Waals surface area contributed by atoms with Crippen molar-refractivity contribution in [3.05, 3.63) is 106 Å². The summed E-state index contributed by atoms with van der Waals surface area (Å²) in [4.78, 5) is 24.8. The van der Waals surface area contributed by atoms with Crippen LogP contribution in [0.1, 0.15) is 22.4 Å². The second-order valence-corrected chi connectivity index (χ2v) is 9.31. The molecule has 33 heavy (non-hydrogen) atoms. The Morgan fingerprint density at radius 2 is 1.76 bits per heavy atom. The molecule has 1 aliphatic rings. The van der Waals surface area contributed by atoms with Crippen molar-refractivity contribution < 1.29 is 0 Å². The normalized spacial score (nSPS) is 14.3. The predicted molar refractivity (Wildman–Crippen MR) is 136 cm³/mol. The fraction of sp³-hybridized carbons (Fsp3) is 0.357.